The zero-order valence-electron chi connectivity index (χ0n) is 13.5. The molecule has 1 atom stereocenters. The lowest BCUT2D eigenvalue weighted by Gasteiger charge is -2.24. The number of carbonyl (C=O) groups excluding carboxylic acids is 1. The van der Waals surface area contributed by atoms with Gasteiger partial charge in [0, 0.05) is 36.5 Å². The van der Waals surface area contributed by atoms with Crippen molar-refractivity contribution in [1.82, 2.24) is 20.0 Å². The van der Waals surface area contributed by atoms with Crippen molar-refractivity contribution in [3.05, 3.63) is 28.6 Å². The molecule has 0 spiro atoms. The number of H-pyrrole nitrogens is 1. The van der Waals surface area contributed by atoms with Crippen LogP contribution in [0.25, 0.3) is 11.3 Å². The summed E-state index contributed by atoms with van der Waals surface area (Å²) in [5.74, 6) is 0.323. The lowest BCUT2D eigenvalue weighted by Crippen LogP contribution is -2.38. The number of amides is 1. The predicted molar refractivity (Wildman–Crippen MR) is 90.7 cm³/mol. The number of aromatic nitrogens is 2. The zero-order valence-corrected chi connectivity index (χ0v) is 14.3. The maximum absolute atomic E-state index is 12.8. The summed E-state index contributed by atoms with van der Waals surface area (Å²) in [5, 5.41) is 11.2. The molecule has 0 saturated carbocycles. The number of ether oxygens (including phenoxy) is 1. The van der Waals surface area contributed by atoms with Crippen LogP contribution in [0.15, 0.2) is 22.9 Å². The van der Waals surface area contributed by atoms with Crippen LogP contribution in [0, 0.1) is 5.92 Å². The van der Waals surface area contributed by atoms with Crippen molar-refractivity contribution in [1.29, 1.82) is 0 Å². The van der Waals surface area contributed by atoms with E-state index in [-0.39, 0.29) is 5.91 Å². The summed E-state index contributed by atoms with van der Waals surface area (Å²) in [4.78, 5) is 16.8. The normalized spacial score (nSPS) is 19.1. The molecule has 2 aromatic rings. The standard InChI is InChI=1S/C16H22N4O2S/c1-19(2)8-12-9-20(4-5-22-10-12)16(21)15-7-14(17-18-15)13-3-6-23-11-13/h3,6-7,11-12H,4-5,8-10H2,1-2H3,(H,17,18)/t12-/m0/s1. The maximum Gasteiger partial charge on any atom is 0.271 e. The van der Waals surface area contributed by atoms with Crippen molar-refractivity contribution < 1.29 is 9.53 Å². The molecule has 1 aliphatic heterocycles. The number of carbonyl (C=O) groups is 1. The predicted octanol–water partition coefficient (Wildman–Crippen LogP) is 1.79. The van der Waals surface area contributed by atoms with Gasteiger partial charge in [-0.15, -0.1) is 0 Å². The highest BCUT2D eigenvalue weighted by atomic mass is 32.1. The highest BCUT2D eigenvalue weighted by Gasteiger charge is 2.25. The average Bonchev–Trinajstić information content (AvgIpc) is 3.15. The molecular formula is C16H22N4O2S. The van der Waals surface area contributed by atoms with E-state index in [0.29, 0.717) is 37.9 Å². The molecule has 1 fully saturated rings. The van der Waals surface area contributed by atoms with E-state index in [0.717, 1.165) is 17.8 Å². The minimum absolute atomic E-state index is 0.00626. The molecule has 3 rings (SSSR count). The van der Waals surface area contributed by atoms with E-state index in [9.17, 15) is 4.79 Å². The first-order valence-electron chi connectivity index (χ1n) is 7.73. The minimum atomic E-state index is -0.00626. The van der Waals surface area contributed by atoms with E-state index in [1.54, 1.807) is 11.3 Å². The Bertz CT molecular complexity index is 638. The minimum Gasteiger partial charge on any atom is -0.379 e. The van der Waals surface area contributed by atoms with Crippen LogP contribution in [-0.4, -0.2) is 72.8 Å². The quantitative estimate of drug-likeness (QED) is 0.926. The number of thiophene rings is 1. The van der Waals surface area contributed by atoms with Crippen LogP contribution >= 0.6 is 11.3 Å². The molecule has 0 radical (unpaired) electrons. The van der Waals surface area contributed by atoms with Crippen LogP contribution in [0.1, 0.15) is 10.5 Å². The molecule has 2 aromatic heterocycles. The van der Waals surface area contributed by atoms with E-state index >= 15 is 0 Å². The largest absolute Gasteiger partial charge is 0.379 e. The van der Waals surface area contributed by atoms with Crippen molar-refractivity contribution in [3.63, 3.8) is 0 Å². The third-order valence-electron chi connectivity index (χ3n) is 3.87. The molecule has 1 saturated heterocycles. The van der Waals surface area contributed by atoms with Gasteiger partial charge in [0.15, 0.2) is 0 Å². The lowest BCUT2D eigenvalue weighted by atomic mass is 10.1. The topological polar surface area (TPSA) is 61.5 Å². The highest BCUT2D eigenvalue weighted by Crippen LogP contribution is 2.21. The van der Waals surface area contributed by atoms with Crippen molar-refractivity contribution >= 4 is 17.2 Å². The molecule has 0 bridgehead atoms. The van der Waals surface area contributed by atoms with Gasteiger partial charge in [-0.1, -0.05) is 0 Å². The second kappa shape index (κ2) is 7.25. The van der Waals surface area contributed by atoms with Crippen LogP contribution < -0.4 is 0 Å². The number of nitrogens with one attached hydrogen (secondary N) is 1. The average molecular weight is 334 g/mol. The van der Waals surface area contributed by atoms with Gasteiger partial charge >= 0.3 is 0 Å². The number of nitrogens with zero attached hydrogens (tertiary/aromatic N) is 3. The van der Waals surface area contributed by atoms with E-state index in [2.05, 4.69) is 15.1 Å². The second-order valence-corrected chi connectivity index (χ2v) is 6.91. The summed E-state index contributed by atoms with van der Waals surface area (Å²) in [7, 11) is 4.08. The fourth-order valence-electron chi connectivity index (χ4n) is 2.85. The van der Waals surface area contributed by atoms with Crippen molar-refractivity contribution in [3.8, 4) is 11.3 Å². The van der Waals surface area contributed by atoms with Crippen LogP contribution in [-0.2, 0) is 4.74 Å². The first kappa shape index (κ1) is 16.2. The van der Waals surface area contributed by atoms with Gasteiger partial charge < -0.3 is 14.5 Å². The summed E-state index contributed by atoms with van der Waals surface area (Å²) in [6.07, 6.45) is 0. The van der Waals surface area contributed by atoms with E-state index in [1.807, 2.05) is 41.9 Å². The van der Waals surface area contributed by atoms with E-state index in [1.165, 1.54) is 0 Å². The van der Waals surface area contributed by atoms with Gasteiger partial charge in [0.05, 0.1) is 18.9 Å². The highest BCUT2D eigenvalue weighted by molar-refractivity contribution is 7.08. The fraction of sp³-hybridized carbons (Fsp3) is 0.500. The molecule has 6 nitrogen and oxygen atoms in total. The molecule has 0 unspecified atom stereocenters. The van der Waals surface area contributed by atoms with Gasteiger partial charge in [0.1, 0.15) is 5.69 Å². The van der Waals surface area contributed by atoms with Crippen LogP contribution in [0.3, 0.4) is 0 Å². The molecular weight excluding hydrogens is 312 g/mol. The number of aromatic amines is 1. The Kier molecular flexibility index (Phi) is 5.09. The van der Waals surface area contributed by atoms with E-state index in [4.69, 9.17) is 4.74 Å². The van der Waals surface area contributed by atoms with E-state index < -0.39 is 0 Å². The monoisotopic (exact) mass is 334 g/mol. The van der Waals surface area contributed by atoms with Crippen LogP contribution in [0.4, 0.5) is 0 Å². The lowest BCUT2D eigenvalue weighted by molar-refractivity contribution is 0.0729. The third-order valence-corrected chi connectivity index (χ3v) is 4.56. The third kappa shape index (κ3) is 3.99. The zero-order chi connectivity index (χ0) is 16.2. The number of hydrogen-bond acceptors (Lipinski definition) is 5. The van der Waals surface area contributed by atoms with Crippen LogP contribution in [0.5, 0.6) is 0 Å². The summed E-state index contributed by atoms with van der Waals surface area (Å²) in [6.45, 7) is 3.53. The first-order valence-corrected chi connectivity index (χ1v) is 8.67. The van der Waals surface area contributed by atoms with Gasteiger partial charge in [-0.2, -0.15) is 16.4 Å². The van der Waals surface area contributed by atoms with Crippen molar-refractivity contribution in [2.75, 3.05) is 46.9 Å². The molecule has 3 heterocycles. The molecule has 0 aliphatic carbocycles. The molecule has 1 amide bonds. The molecule has 1 N–H and O–H groups in total. The first-order chi connectivity index (χ1) is 11.1. The molecule has 23 heavy (non-hydrogen) atoms. The van der Waals surface area contributed by atoms with Gasteiger partial charge in [0.2, 0.25) is 0 Å². The second-order valence-electron chi connectivity index (χ2n) is 6.13. The summed E-state index contributed by atoms with van der Waals surface area (Å²) in [6, 6.07) is 3.83. The summed E-state index contributed by atoms with van der Waals surface area (Å²) in [5.41, 5.74) is 2.39. The Labute approximate surface area is 140 Å². The van der Waals surface area contributed by atoms with Gasteiger partial charge in [-0.25, -0.2) is 0 Å². The Morgan fingerprint density at radius 1 is 1.57 bits per heavy atom. The van der Waals surface area contributed by atoms with Gasteiger partial charge in [0.25, 0.3) is 5.91 Å². The van der Waals surface area contributed by atoms with Crippen LogP contribution in [0.2, 0.25) is 0 Å². The SMILES string of the molecule is CN(C)C[C@@H]1COCCN(C(=O)c2cc(-c3ccsc3)n[nH]2)C1. The molecule has 124 valence electrons. The summed E-state index contributed by atoms with van der Waals surface area (Å²) >= 11 is 1.62. The van der Waals surface area contributed by atoms with Crippen molar-refractivity contribution in [2.45, 2.75) is 0 Å². The smallest absolute Gasteiger partial charge is 0.271 e. The number of hydrogen-bond donors (Lipinski definition) is 1. The Hall–Kier alpha value is -1.70. The molecule has 0 aromatic carbocycles. The Morgan fingerprint density at radius 3 is 3.17 bits per heavy atom. The Balaban J connectivity index is 1.71. The van der Waals surface area contributed by atoms with Gasteiger partial charge in [-0.05, 0) is 31.6 Å². The van der Waals surface area contributed by atoms with Crippen molar-refractivity contribution in [2.24, 2.45) is 5.92 Å². The maximum atomic E-state index is 12.8. The fourth-order valence-corrected chi connectivity index (χ4v) is 3.50. The van der Waals surface area contributed by atoms with Gasteiger partial charge in [-0.3, -0.25) is 9.89 Å². The number of rotatable bonds is 4. The molecule has 1 aliphatic rings. The Morgan fingerprint density at radius 2 is 2.43 bits per heavy atom. The summed E-state index contributed by atoms with van der Waals surface area (Å²) < 4.78 is 5.64. The molecule has 7 heteroatoms.